The van der Waals surface area contributed by atoms with Gasteiger partial charge < -0.3 is 10.3 Å². The van der Waals surface area contributed by atoms with Crippen molar-refractivity contribution in [2.45, 2.75) is 25.9 Å². The lowest BCUT2D eigenvalue weighted by Gasteiger charge is -2.34. The lowest BCUT2D eigenvalue weighted by atomic mass is 9.95. The Morgan fingerprint density at radius 3 is 2.88 bits per heavy atom. The van der Waals surface area contributed by atoms with Gasteiger partial charge in [0.25, 0.3) is 0 Å². The molecule has 0 saturated carbocycles. The first-order chi connectivity index (χ1) is 7.16. The van der Waals surface area contributed by atoms with Gasteiger partial charge in [-0.3, -0.25) is 4.90 Å². The summed E-state index contributed by atoms with van der Waals surface area (Å²) in [6.07, 6.45) is 4.95. The smallest absolute Gasteiger partial charge is 0.122 e. The fourth-order valence-electron chi connectivity index (χ4n) is 2.14. The van der Waals surface area contributed by atoms with Crippen LogP contribution in [0.25, 0.3) is 0 Å². The highest BCUT2D eigenvalue weighted by molar-refractivity contribution is 5.85. The number of rotatable bonds is 2. The van der Waals surface area contributed by atoms with Crippen LogP contribution in [0.5, 0.6) is 0 Å². The van der Waals surface area contributed by atoms with E-state index in [1.165, 1.54) is 0 Å². The number of nitrogens with two attached hydrogens (primary N) is 1. The SMILES string of the molecule is CC1CN(Cc2nccn2C)CCC1N.Cl. The molecule has 16 heavy (non-hydrogen) atoms. The van der Waals surface area contributed by atoms with Crippen molar-refractivity contribution in [3.63, 3.8) is 0 Å². The lowest BCUT2D eigenvalue weighted by molar-refractivity contribution is 0.153. The largest absolute Gasteiger partial charge is 0.337 e. The third-order valence-electron chi connectivity index (χ3n) is 3.34. The summed E-state index contributed by atoms with van der Waals surface area (Å²) in [6.45, 7) is 5.36. The normalized spacial score (nSPS) is 26.4. The molecule has 2 N–H and O–H groups in total. The summed E-state index contributed by atoms with van der Waals surface area (Å²) < 4.78 is 2.08. The molecular weight excluding hydrogens is 224 g/mol. The maximum absolute atomic E-state index is 6.00. The van der Waals surface area contributed by atoms with E-state index in [0.717, 1.165) is 31.9 Å². The maximum Gasteiger partial charge on any atom is 0.122 e. The third kappa shape index (κ3) is 2.97. The quantitative estimate of drug-likeness (QED) is 0.845. The van der Waals surface area contributed by atoms with E-state index < -0.39 is 0 Å². The van der Waals surface area contributed by atoms with Crippen LogP contribution in [-0.2, 0) is 13.6 Å². The summed E-state index contributed by atoms with van der Waals surface area (Å²) in [7, 11) is 2.04. The molecular formula is C11H21ClN4. The molecule has 1 aromatic rings. The fourth-order valence-corrected chi connectivity index (χ4v) is 2.14. The third-order valence-corrected chi connectivity index (χ3v) is 3.34. The van der Waals surface area contributed by atoms with Crippen LogP contribution in [0.15, 0.2) is 12.4 Å². The van der Waals surface area contributed by atoms with Gasteiger partial charge in [0.1, 0.15) is 5.82 Å². The summed E-state index contributed by atoms with van der Waals surface area (Å²) in [5, 5.41) is 0. The van der Waals surface area contributed by atoms with Gasteiger partial charge in [0.2, 0.25) is 0 Å². The minimum atomic E-state index is 0. The first-order valence-electron chi connectivity index (χ1n) is 5.61. The van der Waals surface area contributed by atoms with Crippen LogP contribution < -0.4 is 5.73 Å². The molecule has 2 heterocycles. The lowest BCUT2D eigenvalue weighted by Crippen LogP contribution is -2.45. The summed E-state index contributed by atoms with van der Waals surface area (Å²) in [6, 6.07) is 0.377. The van der Waals surface area contributed by atoms with Crippen LogP contribution in [0.4, 0.5) is 0 Å². The van der Waals surface area contributed by atoms with Gasteiger partial charge in [-0.2, -0.15) is 0 Å². The van der Waals surface area contributed by atoms with Crippen molar-refractivity contribution in [3.05, 3.63) is 18.2 Å². The number of aromatic nitrogens is 2. The number of aryl methyl sites for hydroxylation is 1. The Labute approximate surface area is 103 Å². The van der Waals surface area contributed by atoms with Gasteiger partial charge >= 0.3 is 0 Å². The van der Waals surface area contributed by atoms with Crippen molar-refractivity contribution in [1.82, 2.24) is 14.5 Å². The predicted molar refractivity (Wildman–Crippen MR) is 67.5 cm³/mol. The van der Waals surface area contributed by atoms with E-state index in [9.17, 15) is 0 Å². The standard InChI is InChI=1S/C11H20N4.ClH/c1-9-7-15(5-3-10(9)12)8-11-13-4-6-14(11)2;/h4,6,9-10H,3,5,7-8,12H2,1-2H3;1H. The number of halogens is 1. The van der Waals surface area contributed by atoms with Gasteiger partial charge in [-0.15, -0.1) is 12.4 Å². The Morgan fingerprint density at radius 2 is 2.31 bits per heavy atom. The number of hydrogen-bond acceptors (Lipinski definition) is 3. The van der Waals surface area contributed by atoms with Gasteiger partial charge in [0, 0.05) is 38.6 Å². The van der Waals surface area contributed by atoms with Crippen LogP contribution in [0.1, 0.15) is 19.2 Å². The summed E-state index contributed by atoms with van der Waals surface area (Å²) in [4.78, 5) is 6.78. The maximum atomic E-state index is 6.00. The van der Waals surface area contributed by atoms with E-state index in [2.05, 4.69) is 21.4 Å². The second kappa shape index (κ2) is 5.66. The zero-order chi connectivity index (χ0) is 10.8. The van der Waals surface area contributed by atoms with E-state index in [1.54, 1.807) is 0 Å². The molecule has 1 saturated heterocycles. The predicted octanol–water partition coefficient (Wildman–Crippen LogP) is 1.01. The first-order valence-corrected chi connectivity index (χ1v) is 5.61. The molecule has 0 aromatic carbocycles. The zero-order valence-electron chi connectivity index (χ0n) is 9.97. The van der Waals surface area contributed by atoms with Crippen LogP contribution in [-0.4, -0.2) is 33.6 Å². The van der Waals surface area contributed by atoms with Gasteiger partial charge in [-0.25, -0.2) is 4.98 Å². The average molecular weight is 245 g/mol. The fraction of sp³-hybridized carbons (Fsp3) is 0.727. The van der Waals surface area contributed by atoms with E-state index in [0.29, 0.717) is 12.0 Å². The van der Waals surface area contributed by atoms with Crippen molar-refractivity contribution >= 4 is 12.4 Å². The first kappa shape index (κ1) is 13.5. The second-order valence-corrected chi connectivity index (χ2v) is 4.62. The molecule has 1 fully saturated rings. The average Bonchev–Trinajstić information content (AvgIpc) is 2.59. The zero-order valence-corrected chi connectivity index (χ0v) is 10.8. The number of nitrogens with zero attached hydrogens (tertiary/aromatic N) is 3. The van der Waals surface area contributed by atoms with E-state index in [4.69, 9.17) is 5.73 Å². The summed E-state index contributed by atoms with van der Waals surface area (Å²) >= 11 is 0. The minimum absolute atomic E-state index is 0. The molecule has 0 aliphatic carbocycles. The monoisotopic (exact) mass is 244 g/mol. The molecule has 0 bridgehead atoms. The van der Waals surface area contributed by atoms with E-state index in [1.807, 2.05) is 19.4 Å². The van der Waals surface area contributed by atoms with Crippen molar-refractivity contribution in [3.8, 4) is 0 Å². The molecule has 92 valence electrons. The van der Waals surface area contributed by atoms with Crippen LogP contribution >= 0.6 is 12.4 Å². The highest BCUT2D eigenvalue weighted by atomic mass is 35.5. The van der Waals surface area contributed by atoms with Crippen molar-refractivity contribution < 1.29 is 0 Å². The Kier molecular flexibility index (Phi) is 4.77. The molecule has 1 aliphatic heterocycles. The van der Waals surface area contributed by atoms with Crippen LogP contribution in [0.2, 0.25) is 0 Å². The number of piperidine rings is 1. The Balaban J connectivity index is 0.00000128. The van der Waals surface area contributed by atoms with Gasteiger partial charge in [0.05, 0.1) is 6.54 Å². The topological polar surface area (TPSA) is 47.1 Å². The Hall–Kier alpha value is -0.580. The van der Waals surface area contributed by atoms with Crippen molar-refractivity contribution in [2.75, 3.05) is 13.1 Å². The molecule has 2 rings (SSSR count). The molecule has 0 amide bonds. The van der Waals surface area contributed by atoms with E-state index >= 15 is 0 Å². The Bertz CT molecular complexity index is 326. The van der Waals surface area contributed by atoms with Crippen LogP contribution in [0.3, 0.4) is 0 Å². The Morgan fingerprint density at radius 1 is 1.56 bits per heavy atom. The molecule has 1 aliphatic rings. The molecule has 0 spiro atoms. The molecule has 0 radical (unpaired) electrons. The van der Waals surface area contributed by atoms with Crippen LogP contribution in [0, 0.1) is 5.92 Å². The van der Waals surface area contributed by atoms with Gasteiger partial charge in [-0.1, -0.05) is 6.92 Å². The number of imidazole rings is 1. The molecule has 5 heteroatoms. The highest BCUT2D eigenvalue weighted by Gasteiger charge is 2.23. The molecule has 4 nitrogen and oxygen atoms in total. The van der Waals surface area contributed by atoms with Crippen molar-refractivity contribution in [2.24, 2.45) is 18.7 Å². The molecule has 1 aromatic heterocycles. The van der Waals surface area contributed by atoms with Crippen molar-refractivity contribution in [1.29, 1.82) is 0 Å². The number of likely N-dealkylation sites (tertiary alicyclic amines) is 1. The number of hydrogen-bond donors (Lipinski definition) is 1. The van der Waals surface area contributed by atoms with E-state index in [-0.39, 0.29) is 12.4 Å². The highest BCUT2D eigenvalue weighted by Crippen LogP contribution is 2.16. The summed E-state index contributed by atoms with van der Waals surface area (Å²) in [5.41, 5.74) is 6.00. The van der Waals surface area contributed by atoms with Gasteiger partial charge in [-0.05, 0) is 12.3 Å². The summed E-state index contributed by atoms with van der Waals surface area (Å²) in [5.74, 6) is 1.73. The minimum Gasteiger partial charge on any atom is -0.337 e. The van der Waals surface area contributed by atoms with Gasteiger partial charge in [0.15, 0.2) is 0 Å². The molecule has 2 atom stereocenters. The second-order valence-electron chi connectivity index (χ2n) is 4.62. The molecule has 2 unspecified atom stereocenters.